The lowest BCUT2D eigenvalue weighted by Gasteiger charge is -2.19. The van der Waals surface area contributed by atoms with Gasteiger partial charge in [0.15, 0.2) is 5.75 Å². The molecule has 0 spiro atoms. The minimum atomic E-state index is -0.0641. The number of fused-ring (bicyclic) bond motifs is 1. The van der Waals surface area contributed by atoms with Crippen LogP contribution in [-0.4, -0.2) is 37.5 Å². The number of aromatic amines is 1. The van der Waals surface area contributed by atoms with E-state index in [1.165, 1.54) is 0 Å². The molecule has 8 heteroatoms. The standard InChI is InChI=1S/C28H27N5O3/c1-32-16-19(7-10-25(32)34)22-8-9-23-26(31-28(30-23)18-11-13-35-14-12-18)27(22)36-24-6-4-3-5-21(24)20-15-29-33(2)17-20/h3-10,15-18H,11-14H2,1-2H3,(H,30,31). The lowest BCUT2D eigenvalue weighted by atomic mass is 10.00. The van der Waals surface area contributed by atoms with E-state index < -0.39 is 0 Å². The zero-order valence-corrected chi connectivity index (χ0v) is 20.3. The van der Waals surface area contributed by atoms with Gasteiger partial charge in [-0.25, -0.2) is 4.98 Å². The number of aryl methyl sites for hydroxylation is 2. The van der Waals surface area contributed by atoms with Gasteiger partial charge >= 0.3 is 0 Å². The quantitative estimate of drug-likeness (QED) is 0.381. The second-order valence-electron chi connectivity index (χ2n) is 9.21. The summed E-state index contributed by atoms with van der Waals surface area (Å²) in [6.45, 7) is 1.49. The van der Waals surface area contributed by atoms with Crippen LogP contribution >= 0.6 is 0 Å². The summed E-state index contributed by atoms with van der Waals surface area (Å²) in [4.78, 5) is 20.6. The largest absolute Gasteiger partial charge is 0.454 e. The summed E-state index contributed by atoms with van der Waals surface area (Å²) in [6, 6.07) is 15.4. The third-order valence-corrected chi connectivity index (χ3v) is 6.75. The molecule has 6 rings (SSSR count). The Morgan fingerprint density at radius 3 is 2.58 bits per heavy atom. The van der Waals surface area contributed by atoms with Gasteiger partial charge < -0.3 is 19.0 Å². The van der Waals surface area contributed by atoms with Crippen LogP contribution in [0.1, 0.15) is 24.6 Å². The highest BCUT2D eigenvalue weighted by Gasteiger charge is 2.23. The van der Waals surface area contributed by atoms with Gasteiger partial charge in [0.2, 0.25) is 5.56 Å². The van der Waals surface area contributed by atoms with Gasteiger partial charge in [0, 0.05) is 73.9 Å². The molecule has 0 bridgehead atoms. The highest BCUT2D eigenvalue weighted by molar-refractivity contribution is 5.91. The van der Waals surface area contributed by atoms with Gasteiger partial charge in [-0.2, -0.15) is 5.10 Å². The predicted octanol–water partition coefficient (Wildman–Crippen LogP) is 5.02. The summed E-state index contributed by atoms with van der Waals surface area (Å²) in [7, 11) is 3.65. The molecule has 4 heterocycles. The normalized spacial score (nSPS) is 14.4. The maximum atomic E-state index is 12.1. The third kappa shape index (κ3) is 4.09. The van der Waals surface area contributed by atoms with E-state index in [0.717, 1.165) is 65.2 Å². The molecule has 0 atom stereocenters. The van der Waals surface area contributed by atoms with Crippen molar-refractivity contribution >= 4 is 11.0 Å². The monoisotopic (exact) mass is 481 g/mol. The van der Waals surface area contributed by atoms with E-state index in [9.17, 15) is 4.79 Å². The maximum absolute atomic E-state index is 12.1. The lowest BCUT2D eigenvalue weighted by Crippen LogP contribution is -2.15. The summed E-state index contributed by atoms with van der Waals surface area (Å²) >= 11 is 0. The minimum Gasteiger partial charge on any atom is -0.454 e. The van der Waals surface area contributed by atoms with E-state index in [1.807, 2.05) is 68.1 Å². The average Bonchev–Trinajstić information content (AvgIpc) is 3.53. The Morgan fingerprint density at radius 1 is 0.972 bits per heavy atom. The van der Waals surface area contributed by atoms with Crippen molar-refractivity contribution in [1.29, 1.82) is 0 Å². The van der Waals surface area contributed by atoms with Crippen LogP contribution in [0.2, 0.25) is 0 Å². The molecule has 5 aromatic rings. The molecule has 0 amide bonds. The maximum Gasteiger partial charge on any atom is 0.250 e. The van der Waals surface area contributed by atoms with Crippen LogP contribution in [-0.2, 0) is 18.8 Å². The molecule has 1 aliphatic rings. The smallest absolute Gasteiger partial charge is 0.250 e. The summed E-state index contributed by atoms with van der Waals surface area (Å²) in [5.74, 6) is 2.63. The number of pyridine rings is 1. The van der Waals surface area contributed by atoms with Crippen molar-refractivity contribution in [2.24, 2.45) is 14.1 Å². The Morgan fingerprint density at radius 2 is 1.81 bits per heavy atom. The van der Waals surface area contributed by atoms with Gasteiger partial charge in [-0.05, 0) is 37.1 Å². The molecule has 0 radical (unpaired) electrons. The fourth-order valence-corrected chi connectivity index (χ4v) is 4.78. The van der Waals surface area contributed by atoms with Crippen molar-refractivity contribution in [2.45, 2.75) is 18.8 Å². The number of nitrogens with zero attached hydrogens (tertiary/aromatic N) is 4. The highest BCUT2D eigenvalue weighted by atomic mass is 16.5. The molecule has 0 aliphatic carbocycles. The van der Waals surface area contributed by atoms with Gasteiger partial charge in [0.05, 0.1) is 11.7 Å². The van der Waals surface area contributed by atoms with Gasteiger partial charge in [-0.3, -0.25) is 9.48 Å². The molecule has 1 N–H and O–H groups in total. The number of ether oxygens (including phenoxy) is 2. The molecule has 1 aliphatic heterocycles. The molecule has 2 aromatic carbocycles. The molecular formula is C28H27N5O3. The topological polar surface area (TPSA) is 87.0 Å². The van der Waals surface area contributed by atoms with Gasteiger partial charge in [-0.15, -0.1) is 0 Å². The molecule has 1 fully saturated rings. The third-order valence-electron chi connectivity index (χ3n) is 6.75. The van der Waals surface area contributed by atoms with Gasteiger partial charge in [-0.1, -0.05) is 18.2 Å². The van der Waals surface area contributed by atoms with Gasteiger partial charge in [0.25, 0.3) is 0 Å². The molecular weight excluding hydrogens is 454 g/mol. The first-order valence-corrected chi connectivity index (χ1v) is 12.1. The van der Waals surface area contributed by atoms with Crippen molar-refractivity contribution < 1.29 is 9.47 Å². The number of rotatable bonds is 5. The molecule has 0 unspecified atom stereocenters. The molecule has 3 aromatic heterocycles. The van der Waals surface area contributed by atoms with E-state index in [4.69, 9.17) is 14.5 Å². The fraction of sp³-hybridized carbons (Fsp3) is 0.250. The fourth-order valence-electron chi connectivity index (χ4n) is 4.78. The average molecular weight is 482 g/mol. The van der Waals surface area contributed by atoms with E-state index in [0.29, 0.717) is 17.4 Å². The van der Waals surface area contributed by atoms with Crippen LogP contribution in [0.25, 0.3) is 33.3 Å². The Labute approximate surface area is 208 Å². The van der Waals surface area contributed by atoms with Crippen LogP contribution in [0.5, 0.6) is 11.5 Å². The number of para-hydroxylation sites is 1. The first kappa shape index (κ1) is 22.3. The Bertz CT molecular complexity index is 1610. The number of nitrogens with one attached hydrogen (secondary N) is 1. The second-order valence-corrected chi connectivity index (χ2v) is 9.21. The minimum absolute atomic E-state index is 0.0641. The van der Waals surface area contributed by atoms with Crippen molar-refractivity contribution in [3.8, 4) is 33.8 Å². The molecule has 0 saturated carbocycles. The Hall–Kier alpha value is -4.17. The van der Waals surface area contributed by atoms with Crippen molar-refractivity contribution in [2.75, 3.05) is 13.2 Å². The van der Waals surface area contributed by atoms with E-state index in [1.54, 1.807) is 22.4 Å². The zero-order chi connectivity index (χ0) is 24.6. The van der Waals surface area contributed by atoms with Crippen LogP contribution in [0.15, 0.2) is 71.9 Å². The first-order chi connectivity index (χ1) is 17.6. The zero-order valence-electron chi connectivity index (χ0n) is 20.3. The van der Waals surface area contributed by atoms with Crippen molar-refractivity contribution in [1.82, 2.24) is 24.3 Å². The van der Waals surface area contributed by atoms with Crippen LogP contribution in [0.3, 0.4) is 0 Å². The number of benzene rings is 2. The summed E-state index contributed by atoms with van der Waals surface area (Å²) in [5, 5.41) is 4.33. The van der Waals surface area contributed by atoms with E-state index >= 15 is 0 Å². The van der Waals surface area contributed by atoms with Crippen LogP contribution in [0.4, 0.5) is 0 Å². The number of hydrogen-bond donors (Lipinski definition) is 1. The second kappa shape index (κ2) is 9.13. The van der Waals surface area contributed by atoms with Crippen molar-refractivity contribution in [3.05, 3.63) is 83.3 Å². The molecule has 182 valence electrons. The van der Waals surface area contributed by atoms with Crippen LogP contribution < -0.4 is 10.3 Å². The molecule has 8 nitrogen and oxygen atoms in total. The number of imidazole rings is 1. The van der Waals surface area contributed by atoms with Gasteiger partial charge in [0.1, 0.15) is 17.1 Å². The number of aromatic nitrogens is 5. The summed E-state index contributed by atoms with van der Waals surface area (Å²) in [6.07, 6.45) is 7.50. The number of H-pyrrole nitrogens is 1. The summed E-state index contributed by atoms with van der Waals surface area (Å²) in [5.41, 5.74) is 5.27. The first-order valence-electron chi connectivity index (χ1n) is 12.1. The van der Waals surface area contributed by atoms with E-state index in [-0.39, 0.29) is 5.56 Å². The highest BCUT2D eigenvalue weighted by Crippen LogP contribution is 2.42. The molecule has 36 heavy (non-hydrogen) atoms. The van der Waals surface area contributed by atoms with E-state index in [2.05, 4.69) is 10.1 Å². The summed E-state index contributed by atoms with van der Waals surface area (Å²) < 4.78 is 15.6. The molecule has 1 saturated heterocycles. The number of hydrogen-bond acceptors (Lipinski definition) is 5. The Balaban J connectivity index is 1.52. The Kier molecular flexibility index (Phi) is 5.65. The SMILES string of the molecule is Cn1cc(-c2ccccc2Oc2c(-c3ccc(=O)n(C)c3)ccc3[nH]c(C4CCOCC4)nc23)cn1. The predicted molar refractivity (Wildman–Crippen MR) is 138 cm³/mol. The van der Waals surface area contributed by atoms with Crippen molar-refractivity contribution in [3.63, 3.8) is 0 Å². The lowest BCUT2D eigenvalue weighted by molar-refractivity contribution is 0.0838. The van der Waals surface area contributed by atoms with Crippen LogP contribution in [0, 0.1) is 0 Å².